The Kier molecular flexibility index (Phi) is 10.1. The molecule has 0 unspecified atom stereocenters. The molecule has 7 nitrogen and oxygen atoms in total. The van der Waals surface area contributed by atoms with E-state index in [4.69, 9.17) is 4.74 Å². The molecule has 0 saturated carbocycles. The molecule has 2 heterocycles. The van der Waals surface area contributed by atoms with E-state index in [2.05, 4.69) is 20.7 Å². The molecule has 22 heavy (non-hydrogen) atoms. The third-order valence-electron chi connectivity index (χ3n) is 2.55. The van der Waals surface area contributed by atoms with E-state index in [1.54, 1.807) is 48.6 Å². The number of pyridine rings is 1. The van der Waals surface area contributed by atoms with Gasteiger partial charge in [0.05, 0.1) is 18.8 Å². The number of amides is 1. The quantitative estimate of drug-likeness (QED) is 0.737. The number of halogens is 2. The van der Waals surface area contributed by atoms with Crippen LogP contribution in [0, 0.1) is 0 Å². The number of anilines is 1. The Hall–Kier alpha value is -1.67. The minimum Gasteiger partial charge on any atom is -0.383 e. The summed E-state index contributed by atoms with van der Waals surface area (Å²) in [5, 5.41) is 9.90. The Bertz CT molecular complexity index is 551. The van der Waals surface area contributed by atoms with Crippen molar-refractivity contribution in [2.45, 2.75) is 0 Å². The molecule has 0 bridgehead atoms. The average Bonchev–Trinajstić information content (AvgIpc) is 2.98. The van der Waals surface area contributed by atoms with Crippen molar-refractivity contribution in [3.63, 3.8) is 0 Å². The van der Waals surface area contributed by atoms with Gasteiger partial charge in [0.15, 0.2) is 5.82 Å². The van der Waals surface area contributed by atoms with Crippen molar-refractivity contribution in [2.75, 3.05) is 32.1 Å². The molecule has 2 rings (SSSR count). The highest BCUT2D eigenvalue weighted by Crippen LogP contribution is 2.15. The number of ether oxygens (including phenoxy) is 1. The first-order valence-electron chi connectivity index (χ1n) is 6.26. The standard InChI is InChI=1S/C13H17N5O2.2ClH/c1-20-9-7-14-10-12(19)17-11-4-2-5-15-13(11)18-8-3-6-16-18;;/h2-6,8,14H,7,9-10H2,1H3,(H,17,19);2*1H. The number of nitrogens with one attached hydrogen (secondary N) is 2. The molecule has 122 valence electrons. The number of aromatic nitrogens is 3. The highest BCUT2D eigenvalue weighted by Gasteiger charge is 2.09. The second-order valence-corrected chi connectivity index (χ2v) is 4.04. The van der Waals surface area contributed by atoms with Crippen molar-refractivity contribution >= 4 is 36.4 Å². The van der Waals surface area contributed by atoms with Crippen molar-refractivity contribution in [2.24, 2.45) is 0 Å². The molecule has 2 aromatic heterocycles. The van der Waals surface area contributed by atoms with Crippen molar-refractivity contribution in [3.8, 4) is 5.82 Å². The number of methoxy groups -OCH3 is 1. The van der Waals surface area contributed by atoms with E-state index in [0.717, 1.165) is 0 Å². The Labute approximate surface area is 141 Å². The van der Waals surface area contributed by atoms with E-state index in [-0.39, 0.29) is 37.3 Å². The second-order valence-electron chi connectivity index (χ2n) is 4.04. The van der Waals surface area contributed by atoms with E-state index in [1.165, 1.54) is 0 Å². The summed E-state index contributed by atoms with van der Waals surface area (Å²) in [6.07, 6.45) is 5.09. The number of rotatable bonds is 7. The summed E-state index contributed by atoms with van der Waals surface area (Å²) < 4.78 is 6.50. The maximum absolute atomic E-state index is 11.8. The monoisotopic (exact) mass is 347 g/mol. The van der Waals surface area contributed by atoms with E-state index < -0.39 is 0 Å². The second kappa shape index (κ2) is 11.0. The molecule has 9 heteroatoms. The van der Waals surface area contributed by atoms with Gasteiger partial charge in [-0.25, -0.2) is 9.67 Å². The molecule has 0 atom stereocenters. The normalized spacial score (nSPS) is 9.50. The Morgan fingerprint density at radius 2 is 2.14 bits per heavy atom. The van der Waals surface area contributed by atoms with E-state index in [9.17, 15) is 4.79 Å². The first-order chi connectivity index (χ1) is 9.81. The lowest BCUT2D eigenvalue weighted by atomic mass is 10.3. The lowest BCUT2D eigenvalue weighted by Gasteiger charge is -2.10. The van der Waals surface area contributed by atoms with Gasteiger partial charge in [-0.3, -0.25) is 4.79 Å². The molecule has 0 spiro atoms. The third-order valence-corrected chi connectivity index (χ3v) is 2.55. The fraction of sp³-hybridized carbons (Fsp3) is 0.308. The molecule has 2 N–H and O–H groups in total. The van der Waals surface area contributed by atoms with Crippen molar-refractivity contribution in [1.29, 1.82) is 0 Å². The molecule has 0 aliphatic heterocycles. The summed E-state index contributed by atoms with van der Waals surface area (Å²) in [5.74, 6) is 0.449. The van der Waals surface area contributed by atoms with Crippen LogP contribution in [0.25, 0.3) is 5.82 Å². The minimum atomic E-state index is -0.137. The Morgan fingerprint density at radius 3 is 2.82 bits per heavy atom. The van der Waals surface area contributed by atoms with Crippen molar-refractivity contribution in [3.05, 3.63) is 36.8 Å². The summed E-state index contributed by atoms with van der Waals surface area (Å²) in [4.78, 5) is 16.1. The van der Waals surface area contributed by atoms with Gasteiger partial charge in [-0.15, -0.1) is 24.8 Å². The summed E-state index contributed by atoms with van der Waals surface area (Å²) in [6, 6.07) is 5.35. The van der Waals surface area contributed by atoms with Gasteiger partial charge in [-0.05, 0) is 18.2 Å². The lowest BCUT2D eigenvalue weighted by Crippen LogP contribution is -2.30. The van der Waals surface area contributed by atoms with Crippen LogP contribution in [0.4, 0.5) is 5.69 Å². The molecule has 0 saturated heterocycles. The highest BCUT2D eigenvalue weighted by molar-refractivity contribution is 5.93. The van der Waals surface area contributed by atoms with Crippen LogP contribution in [-0.2, 0) is 9.53 Å². The summed E-state index contributed by atoms with van der Waals surface area (Å²) in [7, 11) is 1.62. The van der Waals surface area contributed by atoms with Crippen molar-refractivity contribution in [1.82, 2.24) is 20.1 Å². The van der Waals surface area contributed by atoms with Crippen LogP contribution >= 0.6 is 24.8 Å². The van der Waals surface area contributed by atoms with Crippen LogP contribution < -0.4 is 10.6 Å². The predicted octanol–water partition coefficient (Wildman–Crippen LogP) is 1.29. The topological polar surface area (TPSA) is 81.1 Å². The minimum absolute atomic E-state index is 0. The zero-order valence-electron chi connectivity index (χ0n) is 12.1. The fourth-order valence-corrected chi connectivity index (χ4v) is 1.64. The fourth-order valence-electron chi connectivity index (χ4n) is 1.64. The Balaban J connectivity index is 0.00000220. The number of hydrogen-bond donors (Lipinski definition) is 2. The molecule has 0 aliphatic rings. The number of hydrogen-bond acceptors (Lipinski definition) is 5. The third kappa shape index (κ3) is 5.98. The van der Waals surface area contributed by atoms with Gasteiger partial charge in [0.25, 0.3) is 0 Å². The van der Waals surface area contributed by atoms with Crippen LogP contribution in [0.1, 0.15) is 0 Å². The zero-order valence-corrected chi connectivity index (χ0v) is 13.7. The van der Waals surface area contributed by atoms with Gasteiger partial charge in [-0.2, -0.15) is 5.10 Å². The van der Waals surface area contributed by atoms with E-state index >= 15 is 0 Å². The zero-order chi connectivity index (χ0) is 14.2. The molecule has 2 aromatic rings. The Morgan fingerprint density at radius 1 is 1.32 bits per heavy atom. The molecular formula is C13H19Cl2N5O2. The maximum atomic E-state index is 11.8. The van der Waals surface area contributed by atoms with Crippen LogP contribution in [0.2, 0.25) is 0 Å². The predicted molar refractivity (Wildman–Crippen MR) is 89.2 cm³/mol. The average molecular weight is 348 g/mol. The van der Waals surface area contributed by atoms with Crippen LogP contribution in [0.15, 0.2) is 36.8 Å². The molecule has 0 fully saturated rings. The first kappa shape index (κ1) is 20.3. The molecule has 0 radical (unpaired) electrons. The largest absolute Gasteiger partial charge is 0.383 e. The first-order valence-corrected chi connectivity index (χ1v) is 6.26. The van der Waals surface area contributed by atoms with E-state index in [1.807, 2.05) is 0 Å². The number of carbonyl (C=O) groups excluding carboxylic acids is 1. The lowest BCUT2D eigenvalue weighted by molar-refractivity contribution is -0.115. The van der Waals surface area contributed by atoms with Gasteiger partial charge in [0.1, 0.15) is 0 Å². The summed E-state index contributed by atoms with van der Waals surface area (Å²) in [6.45, 7) is 1.42. The molecule has 0 aromatic carbocycles. The summed E-state index contributed by atoms with van der Waals surface area (Å²) in [5.41, 5.74) is 0.620. The number of carbonyl (C=O) groups is 1. The van der Waals surface area contributed by atoms with Crippen molar-refractivity contribution < 1.29 is 9.53 Å². The van der Waals surface area contributed by atoms with Crippen LogP contribution in [0.3, 0.4) is 0 Å². The van der Waals surface area contributed by atoms with Gasteiger partial charge in [0.2, 0.25) is 5.91 Å². The van der Waals surface area contributed by atoms with Gasteiger partial charge in [0, 0.05) is 32.2 Å². The van der Waals surface area contributed by atoms with Gasteiger partial charge >= 0.3 is 0 Å². The van der Waals surface area contributed by atoms with Gasteiger partial charge in [-0.1, -0.05) is 0 Å². The molecule has 0 aliphatic carbocycles. The summed E-state index contributed by atoms with van der Waals surface area (Å²) >= 11 is 0. The number of nitrogens with zero attached hydrogens (tertiary/aromatic N) is 3. The maximum Gasteiger partial charge on any atom is 0.238 e. The SMILES string of the molecule is COCCNCC(=O)Nc1cccnc1-n1cccn1.Cl.Cl. The highest BCUT2D eigenvalue weighted by atomic mass is 35.5. The smallest absolute Gasteiger partial charge is 0.238 e. The van der Waals surface area contributed by atoms with Crippen LogP contribution in [-0.4, -0.2) is 47.5 Å². The van der Waals surface area contributed by atoms with E-state index in [0.29, 0.717) is 24.7 Å². The van der Waals surface area contributed by atoms with Gasteiger partial charge < -0.3 is 15.4 Å². The van der Waals surface area contributed by atoms with Crippen LogP contribution in [0.5, 0.6) is 0 Å². The molecular weight excluding hydrogens is 329 g/mol. The molecule has 1 amide bonds.